The molecule has 1 fully saturated rings. The number of benzene rings is 1. The Kier molecular flexibility index (Phi) is 3.15. The molecule has 0 bridgehead atoms. The summed E-state index contributed by atoms with van der Waals surface area (Å²) in [4.78, 5) is 0. The van der Waals surface area contributed by atoms with Crippen molar-refractivity contribution in [3.63, 3.8) is 0 Å². The highest BCUT2D eigenvalue weighted by Gasteiger charge is 2.36. The summed E-state index contributed by atoms with van der Waals surface area (Å²) < 4.78 is 26.0. The highest BCUT2D eigenvalue weighted by molar-refractivity contribution is 7.88. The minimum atomic E-state index is -3.37. The van der Waals surface area contributed by atoms with Gasteiger partial charge in [0.2, 0.25) is 10.0 Å². The molecule has 2 atom stereocenters. The van der Waals surface area contributed by atoms with Gasteiger partial charge in [-0.3, -0.25) is 0 Å². The minimum Gasteiger partial charge on any atom is -0.326 e. The van der Waals surface area contributed by atoms with Crippen LogP contribution in [-0.2, 0) is 15.8 Å². The third-order valence-electron chi connectivity index (χ3n) is 2.58. The van der Waals surface area contributed by atoms with Crippen LogP contribution in [0.3, 0.4) is 0 Å². The Labute approximate surface area is 100 Å². The summed E-state index contributed by atoms with van der Waals surface area (Å²) in [5.74, 6) is -0.119. The molecular formula is C11H13N3O2S. The first kappa shape index (κ1) is 12.0. The Morgan fingerprint density at radius 3 is 2.82 bits per heavy atom. The molecule has 0 saturated heterocycles. The summed E-state index contributed by atoms with van der Waals surface area (Å²) in [6.07, 6.45) is 0.692. The van der Waals surface area contributed by atoms with E-state index in [1.54, 1.807) is 24.3 Å². The number of hydrogen-bond donors (Lipinski definition) is 2. The van der Waals surface area contributed by atoms with Crippen LogP contribution in [0.2, 0.25) is 0 Å². The van der Waals surface area contributed by atoms with Crippen molar-refractivity contribution in [1.82, 2.24) is 4.72 Å². The fourth-order valence-electron chi connectivity index (χ4n) is 1.57. The summed E-state index contributed by atoms with van der Waals surface area (Å²) >= 11 is 0. The molecule has 0 aliphatic heterocycles. The summed E-state index contributed by atoms with van der Waals surface area (Å²) in [5, 5.41) is 8.72. The molecule has 1 saturated carbocycles. The highest BCUT2D eigenvalue weighted by Crippen LogP contribution is 2.20. The normalized spacial score (nSPS) is 23.1. The molecule has 0 heterocycles. The van der Waals surface area contributed by atoms with E-state index in [0.29, 0.717) is 17.5 Å². The van der Waals surface area contributed by atoms with Gasteiger partial charge in [-0.25, -0.2) is 13.1 Å². The Bertz CT molecular complexity index is 562. The number of nitrogens with one attached hydrogen (secondary N) is 1. The van der Waals surface area contributed by atoms with E-state index in [0.717, 1.165) is 0 Å². The highest BCUT2D eigenvalue weighted by atomic mass is 32.2. The van der Waals surface area contributed by atoms with Crippen LogP contribution >= 0.6 is 0 Å². The molecular weight excluding hydrogens is 238 g/mol. The van der Waals surface area contributed by atoms with Crippen molar-refractivity contribution in [2.75, 3.05) is 0 Å². The van der Waals surface area contributed by atoms with Gasteiger partial charge in [-0.2, -0.15) is 5.26 Å². The molecule has 1 aromatic carbocycles. The molecule has 3 N–H and O–H groups in total. The second kappa shape index (κ2) is 4.45. The number of rotatable bonds is 4. The molecule has 6 heteroatoms. The number of nitriles is 1. The maximum atomic E-state index is 11.7. The molecule has 90 valence electrons. The van der Waals surface area contributed by atoms with Crippen LogP contribution in [0.25, 0.3) is 0 Å². The van der Waals surface area contributed by atoms with Crippen molar-refractivity contribution in [2.24, 2.45) is 5.73 Å². The Balaban J connectivity index is 2.06. The van der Waals surface area contributed by atoms with Gasteiger partial charge in [-0.1, -0.05) is 12.1 Å². The molecule has 0 aromatic heterocycles. The number of sulfonamides is 1. The van der Waals surface area contributed by atoms with Gasteiger partial charge in [0.1, 0.15) is 0 Å². The summed E-state index contributed by atoms with van der Waals surface area (Å²) in [6, 6.07) is 8.37. The van der Waals surface area contributed by atoms with E-state index in [9.17, 15) is 8.42 Å². The molecule has 1 aliphatic rings. The van der Waals surface area contributed by atoms with Crippen molar-refractivity contribution in [1.29, 1.82) is 5.26 Å². The predicted octanol–water partition coefficient (Wildman–Crippen LogP) is 0.0773. The van der Waals surface area contributed by atoms with Gasteiger partial charge in [0.25, 0.3) is 0 Å². The van der Waals surface area contributed by atoms with Gasteiger partial charge < -0.3 is 5.73 Å². The maximum absolute atomic E-state index is 11.7. The zero-order chi connectivity index (χ0) is 12.5. The first-order valence-corrected chi connectivity index (χ1v) is 6.90. The van der Waals surface area contributed by atoms with Crippen LogP contribution in [0.1, 0.15) is 17.5 Å². The second-order valence-corrected chi connectivity index (χ2v) is 5.95. The molecule has 1 aliphatic carbocycles. The van der Waals surface area contributed by atoms with Crippen LogP contribution in [0.5, 0.6) is 0 Å². The van der Waals surface area contributed by atoms with Crippen molar-refractivity contribution in [2.45, 2.75) is 24.3 Å². The largest absolute Gasteiger partial charge is 0.326 e. The molecule has 0 amide bonds. The quantitative estimate of drug-likeness (QED) is 0.792. The first-order valence-electron chi connectivity index (χ1n) is 5.25. The average Bonchev–Trinajstić information content (AvgIpc) is 2.92. The van der Waals surface area contributed by atoms with Crippen LogP contribution in [0, 0.1) is 11.3 Å². The number of nitrogens with zero attached hydrogens (tertiary/aromatic N) is 1. The molecule has 2 unspecified atom stereocenters. The lowest BCUT2D eigenvalue weighted by Gasteiger charge is -2.05. The molecule has 1 aromatic rings. The van der Waals surface area contributed by atoms with Gasteiger partial charge >= 0.3 is 0 Å². The SMILES string of the molecule is N#Cc1cccc(CS(=O)(=O)NC2CC2N)c1. The lowest BCUT2D eigenvalue weighted by Crippen LogP contribution is -2.30. The van der Waals surface area contributed by atoms with Crippen molar-refractivity contribution < 1.29 is 8.42 Å². The van der Waals surface area contributed by atoms with Gasteiger partial charge in [-0.15, -0.1) is 0 Å². The van der Waals surface area contributed by atoms with Crippen LogP contribution in [0.15, 0.2) is 24.3 Å². The lowest BCUT2D eigenvalue weighted by molar-refractivity contribution is 0.579. The first-order chi connectivity index (χ1) is 8.00. The van der Waals surface area contributed by atoms with E-state index >= 15 is 0 Å². The Morgan fingerprint density at radius 1 is 1.53 bits per heavy atom. The van der Waals surface area contributed by atoms with E-state index in [-0.39, 0.29) is 17.8 Å². The zero-order valence-corrected chi connectivity index (χ0v) is 9.94. The van der Waals surface area contributed by atoms with Crippen molar-refractivity contribution >= 4 is 10.0 Å². The lowest BCUT2D eigenvalue weighted by atomic mass is 10.2. The zero-order valence-electron chi connectivity index (χ0n) is 9.13. The van der Waals surface area contributed by atoms with E-state index in [1.165, 1.54) is 0 Å². The van der Waals surface area contributed by atoms with Gasteiger partial charge in [-0.05, 0) is 24.1 Å². The predicted molar refractivity (Wildman–Crippen MR) is 63.3 cm³/mol. The molecule has 0 radical (unpaired) electrons. The fourth-order valence-corrected chi connectivity index (χ4v) is 3.01. The number of hydrogen-bond acceptors (Lipinski definition) is 4. The molecule has 2 rings (SSSR count). The standard InChI is InChI=1S/C11H13N3O2S/c12-6-8-2-1-3-9(4-8)7-17(15,16)14-11-5-10(11)13/h1-4,10-11,14H,5,7,13H2. The van der Waals surface area contributed by atoms with E-state index in [2.05, 4.69) is 4.72 Å². The molecule has 17 heavy (non-hydrogen) atoms. The topological polar surface area (TPSA) is 96.0 Å². The smallest absolute Gasteiger partial charge is 0.216 e. The molecule has 0 spiro atoms. The minimum absolute atomic E-state index is 0.0600. The monoisotopic (exact) mass is 251 g/mol. The van der Waals surface area contributed by atoms with E-state index < -0.39 is 10.0 Å². The maximum Gasteiger partial charge on any atom is 0.216 e. The van der Waals surface area contributed by atoms with Crippen LogP contribution in [0.4, 0.5) is 0 Å². The summed E-state index contributed by atoms with van der Waals surface area (Å²) in [5.41, 5.74) is 6.60. The van der Waals surface area contributed by atoms with E-state index in [1.807, 2.05) is 6.07 Å². The molecule has 5 nitrogen and oxygen atoms in total. The van der Waals surface area contributed by atoms with E-state index in [4.69, 9.17) is 11.0 Å². The van der Waals surface area contributed by atoms with Crippen LogP contribution in [-0.4, -0.2) is 20.5 Å². The summed E-state index contributed by atoms with van der Waals surface area (Å²) in [6.45, 7) is 0. The van der Waals surface area contributed by atoms with Crippen molar-refractivity contribution in [3.05, 3.63) is 35.4 Å². The number of nitrogens with two attached hydrogens (primary N) is 1. The summed E-state index contributed by atoms with van der Waals surface area (Å²) in [7, 11) is -3.37. The van der Waals surface area contributed by atoms with Crippen molar-refractivity contribution in [3.8, 4) is 6.07 Å². The average molecular weight is 251 g/mol. The van der Waals surface area contributed by atoms with Crippen LogP contribution < -0.4 is 10.5 Å². The fraction of sp³-hybridized carbons (Fsp3) is 0.364. The van der Waals surface area contributed by atoms with Gasteiger partial charge in [0, 0.05) is 12.1 Å². The Morgan fingerprint density at radius 2 is 2.24 bits per heavy atom. The third kappa shape index (κ3) is 3.27. The second-order valence-electron chi connectivity index (χ2n) is 4.20. The third-order valence-corrected chi connectivity index (χ3v) is 3.96. The van der Waals surface area contributed by atoms with Gasteiger partial charge in [0.15, 0.2) is 0 Å². The van der Waals surface area contributed by atoms with Gasteiger partial charge in [0.05, 0.1) is 17.4 Å². The Hall–Kier alpha value is -1.42.